The lowest BCUT2D eigenvalue weighted by Crippen LogP contribution is -2.27. The highest BCUT2D eigenvalue weighted by atomic mass is 14.9. The molecule has 0 amide bonds. The maximum Gasteiger partial charge on any atom is 0.0968 e. The van der Waals surface area contributed by atoms with E-state index in [4.69, 9.17) is 5.73 Å². The minimum atomic E-state index is 0.586. The van der Waals surface area contributed by atoms with Gasteiger partial charge in [0.05, 0.1) is 5.84 Å². The summed E-state index contributed by atoms with van der Waals surface area (Å²) in [6.45, 7) is 5.37. The van der Waals surface area contributed by atoms with Crippen molar-refractivity contribution >= 4 is 5.84 Å². The van der Waals surface area contributed by atoms with Gasteiger partial charge in [-0.15, -0.1) is 0 Å². The SMILES string of the molecule is CCCN=C(N)C1CCC(C)CC1. The molecule has 0 atom stereocenters. The van der Waals surface area contributed by atoms with Crippen LogP contribution in [-0.4, -0.2) is 12.4 Å². The van der Waals surface area contributed by atoms with Crippen LogP contribution in [0.25, 0.3) is 0 Å². The van der Waals surface area contributed by atoms with Crippen LogP contribution in [0.2, 0.25) is 0 Å². The van der Waals surface area contributed by atoms with Crippen LogP contribution >= 0.6 is 0 Å². The third-order valence-corrected chi connectivity index (χ3v) is 2.95. The van der Waals surface area contributed by atoms with Crippen molar-refractivity contribution in [3.63, 3.8) is 0 Å². The van der Waals surface area contributed by atoms with E-state index in [1.54, 1.807) is 0 Å². The van der Waals surface area contributed by atoms with Crippen LogP contribution in [0.4, 0.5) is 0 Å². The molecule has 0 aromatic carbocycles. The fraction of sp³-hybridized carbons (Fsp3) is 0.909. The average molecular weight is 182 g/mol. The molecule has 2 nitrogen and oxygen atoms in total. The summed E-state index contributed by atoms with van der Waals surface area (Å²) in [7, 11) is 0. The molecule has 0 aromatic heterocycles. The molecule has 2 N–H and O–H groups in total. The Labute approximate surface area is 81.6 Å². The molecule has 1 saturated carbocycles. The Morgan fingerprint density at radius 1 is 1.31 bits per heavy atom. The number of hydrogen-bond donors (Lipinski definition) is 1. The summed E-state index contributed by atoms with van der Waals surface area (Å²) < 4.78 is 0. The van der Waals surface area contributed by atoms with Crippen LogP contribution in [0.1, 0.15) is 46.0 Å². The Hall–Kier alpha value is -0.530. The van der Waals surface area contributed by atoms with E-state index in [0.29, 0.717) is 5.92 Å². The van der Waals surface area contributed by atoms with Gasteiger partial charge in [-0.3, -0.25) is 4.99 Å². The van der Waals surface area contributed by atoms with Crippen molar-refractivity contribution in [1.82, 2.24) is 0 Å². The van der Waals surface area contributed by atoms with E-state index >= 15 is 0 Å². The Balaban J connectivity index is 2.35. The topological polar surface area (TPSA) is 38.4 Å². The van der Waals surface area contributed by atoms with Crippen molar-refractivity contribution in [1.29, 1.82) is 0 Å². The van der Waals surface area contributed by atoms with Gasteiger partial charge in [-0.2, -0.15) is 0 Å². The lowest BCUT2D eigenvalue weighted by Gasteiger charge is -2.25. The van der Waals surface area contributed by atoms with Crippen molar-refractivity contribution in [3.8, 4) is 0 Å². The van der Waals surface area contributed by atoms with Gasteiger partial charge in [-0.05, 0) is 25.2 Å². The fourth-order valence-electron chi connectivity index (χ4n) is 1.93. The van der Waals surface area contributed by atoms with Gasteiger partial charge in [0.25, 0.3) is 0 Å². The monoisotopic (exact) mass is 182 g/mol. The Morgan fingerprint density at radius 2 is 1.92 bits per heavy atom. The van der Waals surface area contributed by atoms with E-state index in [2.05, 4.69) is 18.8 Å². The first kappa shape index (κ1) is 10.6. The van der Waals surface area contributed by atoms with Gasteiger partial charge in [-0.25, -0.2) is 0 Å². The Kier molecular flexibility index (Phi) is 4.26. The second kappa shape index (κ2) is 5.25. The zero-order valence-electron chi connectivity index (χ0n) is 8.92. The number of nitrogens with zero attached hydrogens (tertiary/aromatic N) is 1. The second-order valence-corrected chi connectivity index (χ2v) is 4.26. The van der Waals surface area contributed by atoms with Crippen molar-refractivity contribution in [2.45, 2.75) is 46.0 Å². The van der Waals surface area contributed by atoms with Gasteiger partial charge < -0.3 is 5.73 Å². The van der Waals surface area contributed by atoms with Crippen molar-refractivity contribution in [3.05, 3.63) is 0 Å². The highest BCUT2D eigenvalue weighted by molar-refractivity contribution is 5.82. The molecule has 1 rings (SSSR count). The normalized spacial score (nSPS) is 30.5. The molecule has 1 aliphatic rings. The molecule has 1 fully saturated rings. The van der Waals surface area contributed by atoms with Gasteiger partial charge in [0, 0.05) is 12.5 Å². The number of rotatable bonds is 3. The van der Waals surface area contributed by atoms with Crippen LogP contribution in [-0.2, 0) is 0 Å². The molecule has 1 aliphatic carbocycles. The van der Waals surface area contributed by atoms with Gasteiger partial charge in [-0.1, -0.05) is 26.7 Å². The summed E-state index contributed by atoms with van der Waals surface area (Å²) in [6, 6.07) is 0. The molecule has 0 bridgehead atoms. The highest BCUT2D eigenvalue weighted by Crippen LogP contribution is 2.28. The molecule has 0 radical (unpaired) electrons. The standard InChI is InChI=1S/C11H22N2/c1-3-8-13-11(12)10-6-4-9(2)5-7-10/h9-10H,3-8H2,1-2H3,(H2,12,13). The maximum atomic E-state index is 5.93. The average Bonchev–Trinajstić information content (AvgIpc) is 2.15. The molecule has 76 valence electrons. The molecule has 2 heteroatoms. The van der Waals surface area contributed by atoms with Crippen molar-refractivity contribution in [2.24, 2.45) is 22.6 Å². The van der Waals surface area contributed by atoms with Gasteiger partial charge in [0.2, 0.25) is 0 Å². The lowest BCUT2D eigenvalue weighted by molar-refractivity contribution is 0.342. The number of nitrogens with two attached hydrogens (primary N) is 1. The van der Waals surface area contributed by atoms with Crippen LogP contribution in [0.15, 0.2) is 4.99 Å². The predicted octanol–water partition coefficient (Wildman–Crippen LogP) is 2.58. The summed E-state index contributed by atoms with van der Waals surface area (Å²) in [5, 5.41) is 0. The fourth-order valence-corrected chi connectivity index (χ4v) is 1.93. The Bertz CT molecular complexity index is 167. The van der Waals surface area contributed by atoms with E-state index < -0.39 is 0 Å². The Morgan fingerprint density at radius 3 is 2.46 bits per heavy atom. The molecule has 13 heavy (non-hydrogen) atoms. The van der Waals surface area contributed by atoms with Gasteiger partial charge in [0.1, 0.15) is 0 Å². The zero-order valence-corrected chi connectivity index (χ0v) is 8.92. The second-order valence-electron chi connectivity index (χ2n) is 4.26. The van der Waals surface area contributed by atoms with Crippen molar-refractivity contribution < 1.29 is 0 Å². The molecule has 0 saturated heterocycles. The first-order valence-corrected chi connectivity index (χ1v) is 5.53. The van der Waals surface area contributed by atoms with Gasteiger partial charge >= 0.3 is 0 Å². The van der Waals surface area contributed by atoms with Gasteiger partial charge in [0.15, 0.2) is 0 Å². The van der Waals surface area contributed by atoms with E-state index in [9.17, 15) is 0 Å². The maximum absolute atomic E-state index is 5.93. The number of hydrogen-bond acceptors (Lipinski definition) is 1. The van der Waals surface area contributed by atoms with Crippen molar-refractivity contribution in [2.75, 3.05) is 6.54 Å². The predicted molar refractivity (Wildman–Crippen MR) is 57.9 cm³/mol. The van der Waals surface area contributed by atoms with E-state index in [-0.39, 0.29) is 0 Å². The van der Waals surface area contributed by atoms with Crippen LogP contribution in [0.5, 0.6) is 0 Å². The number of amidine groups is 1. The molecule has 0 aromatic rings. The largest absolute Gasteiger partial charge is 0.387 e. The number of aliphatic imine (C=N–C) groups is 1. The molecule has 0 unspecified atom stereocenters. The zero-order chi connectivity index (χ0) is 9.68. The lowest BCUT2D eigenvalue weighted by atomic mass is 9.82. The molecular weight excluding hydrogens is 160 g/mol. The minimum absolute atomic E-state index is 0.586. The van der Waals surface area contributed by atoms with E-state index in [1.807, 2.05) is 0 Å². The smallest absolute Gasteiger partial charge is 0.0968 e. The van der Waals surface area contributed by atoms with E-state index in [1.165, 1.54) is 25.7 Å². The minimum Gasteiger partial charge on any atom is -0.387 e. The quantitative estimate of drug-likeness (QED) is 0.529. The molecule has 0 aliphatic heterocycles. The van der Waals surface area contributed by atoms with Crippen LogP contribution in [0.3, 0.4) is 0 Å². The summed E-state index contributed by atoms with van der Waals surface area (Å²) in [5.41, 5.74) is 5.93. The summed E-state index contributed by atoms with van der Waals surface area (Å²) in [5.74, 6) is 2.40. The third-order valence-electron chi connectivity index (χ3n) is 2.95. The third kappa shape index (κ3) is 3.37. The van der Waals surface area contributed by atoms with Crippen LogP contribution in [0, 0.1) is 11.8 Å². The first-order valence-electron chi connectivity index (χ1n) is 5.53. The highest BCUT2D eigenvalue weighted by Gasteiger charge is 2.20. The van der Waals surface area contributed by atoms with Crippen LogP contribution < -0.4 is 5.73 Å². The van der Waals surface area contributed by atoms with E-state index in [0.717, 1.165) is 24.7 Å². The molecular formula is C11H22N2. The summed E-state index contributed by atoms with van der Waals surface area (Å²) >= 11 is 0. The summed E-state index contributed by atoms with van der Waals surface area (Å²) in [4.78, 5) is 4.39. The summed E-state index contributed by atoms with van der Waals surface area (Å²) in [6.07, 6.45) is 6.25. The molecule has 0 spiro atoms. The molecule has 0 heterocycles. The first-order chi connectivity index (χ1) is 6.24.